The van der Waals surface area contributed by atoms with E-state index in [-0.39, 0.29) is 6.10 Å². The molecule has 0 unspecified atom stereocenters. The van der Waals surface area contributed by atoms with Gasteiger partial charge in [0.2, 0.25) is 0 Å². The van der Waals surface area contributed by atoms with E-state index in [0.717, 1.165) is 57.1 Å². The lowest BCUT2D eigenvalue weighted by Crippen LogP contribution is -2.49. The monoisotopic (exact) mass is 322 g/mol. The van der Waals surface area contributed by atoms with Crippen LogP contribution in [0.2, 0.25) is 0 Å². The zero-order valence-corrected chi connectivity index (χ0v) is 14.8. The molecule has 5 rings (SSSR count). The van der Waals surface area contributed by atoms with Crippen molar-refractivity contribution in [2.24, 2.45) is 23.2 Å². The third kappa shape index (κ3) is 3.76. The fourth-order valence-electron chi connectivity index (χ4n) is 6.26. The second-order valence-electron chi connectivity index (χ2n) is 9.19. The van der Waals surface area contributed by atoms with Gasteiger partial charge < -0.3 is 14.7 Å². The van der Waals surface area contributed by atoms with Crippen LogP contribution in [-0.4, -0.2) is 74.0 Å². The normalized spacial score (nSPS) is 42.3. The standard InChI is InChI=1S/C19H34N2O2/c1-20-2-4-21(5-3-20)12-18(22)13-23-14-19-9-15-6-16(10-19)8-17(7-15)11-19/h15-18,22H,2-14H2,1H3/t15?,16?,17?,18-,19?/m0/s1. The molecule has 5 aliphatic rings. The summed E-state index contributed by atoms with van der Waals surface area (Å²) in [5.74, 6) is 2.96. The van der Waals surface area contributed by atoms with Crippen LogP contribution in [0.15, 0.2) is 0 Å². The highest BCUT2D eigenvalue weighted by molar-refractivity contribution is 5.01. The van der Waals surface area contributed by atoms with Gasteiger partial charge in [0.25, 0.3) is 0 Å². The van der Waals surface area contributed by atoms with Crippen molar-refractivity contribution in [3.63, 3.8) is 0 Å². The Balaban J connectivity index is 1.20. The number of aliphatic hydroxyl groups excluding tert-OH is 1. The average Bonchev–Trinajstić information content (AvgIpc) is 2.48. The van der Waals surface area contributed by atoms with Gasteiger partial charge in [-0.3, -0.25) is 4.90 Å². The van der Waals surface area contributed by atoms with Gasteiger partial charge in [-0.05, 0) is 68.7 Å². The summed E-state index contributed by atoms with van der Waals surface area (Å²) >= 11 is 0. The lowest BCUT2D eigenvalue weighted by atomic mass is 9.50. The minimum atomic E-state index is -0.327. The molecule has 1 atom stereocenters. The Labute approximate surface area is 141 Å². The van der Waals surface area contributed by atoms with Gasteiger partial charge in [0, 0.05) is 32.7 Å². The number of aliphatic hydroxyl groups is 1. The lowest BCUT2D eigenvalue weighted by molar-refractivity contribution is -0.107. The molecule has 0 spiro atoms. The number of hydrogen-bond acceptors (Lipinski definition) is 4. The summed E-state index contributed by atoms with van der Waals surface area (Å²) in [4.78, 5) is 4.73. The minimum Gasteiger partial charge on any atom is -0.389 e. The Bertz CT molecular complexity index is 371. The zero-order valence-electron chi connectivity index (χ0n) is 14.8. The number of rotatable bonds is 6. The first-order valence-corrected chi connectivity index (χ1v) is 9.77. The van der Waals surface area contributed by atoms with Gasteiger partial charge in [-0.2, -0.15) is 0 Å². The van der Waals surface area contributed by atoms with Crippen LogP contribution in [0.25, 0.3) is 0 Å². The third-order valence-corrected chi connectivity index (χ3v) is 6.95. The molecular formula is C19H34N2O2. The predicted octanol–water partition coefficient (Wildman–Crippen LogP) is 1.83. The van der Waals surface area contributed by atoms with Crippen molar-refractivity contribution >= 4 is 0 Å². The van der Waals surface area contributed by atoms with Crippen LogP contribution >= 0.6 is 0 Å². The first-order chi connectivity index (χ1) is 11.1. The van der Waals surface area contributed by atoms with E-state index in [9.17, 15) is 5.11 Å². The van der Waals surface area contributed by atoms with E-state index < -0.39 is 0 Å². The zero-order chi connectivity index (χ0) is 15.9. The molecule has 23 heavy (non-hydrogen) atoms. The summed E-state index contributed by atoms with van der Waals surface area (Å²) in [6.45, 7) is 6.56. The molecule has 0 amide bonds. The van der Waals surface area contributed by atoms with E-state index in [4.69, 9.17) is 4.74 Å². The molecule has 1 N–H and O–H groups in total. The Morgan fingerprint density at radius 1 is 1.00 bits per heavy atom. The highest BCUT2D eigenvalue weighted by Gasteiger charge is 2.50. The molecule has 0 aromatic heterocycles. The van der Waals surface area contributed by atoms with Crippen LogP contribution in [0.1, 0.15) is 38.5 Å². The summed E-state index contributed by atoms with van der Waals surface area (Å²) in [5, 5.41) is 10.3. The summed E-state index contributed by atoms with van der Waals surface area (Å²) in [6.07, 6.45) is 8.34. The van der Waals surface area contributed by atoms with Gasteiger partial charge in [-0.15, -0.1) is 0 Å². The van der Waals surface area contributed by atoms with E-state index in [0.29, 0.717) is 12.0 Å². The van der Waals surface area contributed by atoms with Crippen LogP contribution < -0.4 is 0 Å². The maximum atomic E-state index is 10.3. The molecule has 1 heterocycles. The third-order valence-electron chi connectivity index (χ3n) is 6.95. The SMILES string of the molecule is CN1CCN(C[C@H](O)COCC23CC4CC(CC(C4)C2)C3)CC1. The summed E-state index contributed by atoms with van der Waals surface area (Å²) in [5.41, 5.74) is 0.475. The van der Waals surface area contributed by atoms with Gasteiger partial charge in [0.05, 0.1) is 19.3 Å². The Kier molecular flexibility index (Phi) is 4.70. The van der Waals surface area contributed by atoms with Gasteiger partial charge in [-0.25, -0.2) is 0 Å². The summed E-state index contributed by atoms with van der Waals surface area (Å²) < 4.78 is 6.06. The fraction of sp³-hybridized carbons (Fsp3) is 1.00. The first-order valence-electron chi connectivity index (χ1n) is 9.77. The number of β-amino-alcohol motifs (C(OH)–C–C–N with tert-alkyl or cyclic N) is 1. The number of hydrogen-bond donors (Lipinski definition) is 1. The maximum absolute atomic E-state index is 10.3. The van der Waals surface area contributed by atoms with Crippen LogP contribution in [-0.2, 0) is 4.74 Å². The predicted molar refractivity (Wildman–Crippen MR) is 91.4 cm³/mol. The van der Waals surface area contributed by atoms with Crippen LogP contribution in [0.5, 0.6) is 0 Å². The van der Waals surface area contributed by atoms with Crippen molar-refractivity contribution in [2.45, 2.75) is 44.6 Å². The molecule has 1 aliphatic heterocycles. The minimum absolute atomic E-state index is 0.327. The highest BCUT2D eigenvalue weighted by Crippen LogP contribution is 2.60. The smallest absolute Gasteiger partial charge is 0.0900 e. The van der Waals surface area contributed by atoms with Crippen LogP contribution in [0.4, 0.5) is 0 Å². The number of nitrogens with zero attached hydrogens (tertiary/aromatic N) is 2. The van der Waals surface area contributed by atoms with Gasteiger partial charge in [-0.1, -0.05) is 0 Å². The van der Waals surface area contributed by atoms with Crippen LogP contribution in [0.3, 0.4) is 0 Å². The van der Waals surface area contributed by atoms with E-state index in [2.05, 4.69) is 16.8 Å². The van der Waals surface area contributed by atoms with Gasteiger partial charge in [0.1, 0.15) is 0 Å². The molecule has 0 radical (unpaired) electrons. The van der Waals surface area contributed by atoms with Crippen molar-refractivity contribution in [1.82, 2.24) is 9.80 Å². The van der Waals surface area contributed by atoms with E-state index >= 15 is 0 Å². The molecule has 4 bridgehead atoms. The molecule has 5 fully saturated rings. The summed E-state index contributed by atoms with van der Waals surface area (Å²) in [7, 11) is 2.17. The van der Waals surface area contributed by atoms with Crippen molar-refractivity contribution in [2.75, 3.05) is 53.0 Å². The van der Waals surface area contributed by atoms with Crippen LogP contribution in [0, 0.1) is 23.2 Å². The van der Waals surface area contributed by atoms with Crippen molar-refractivity contribution in [3.05, 3.63) is 0 Å². The van der Waals surface area contributed by atoms with Crippen molar-refractivity contribution in [3.8, 4) is 0 Å². The highest BCUT2D eigenvalue weighted by atomic mass is 16.5. The number of piperazine rings is 1. The Morgan fingerprint density at radius 2 is 1.57 bits per heavy atom. The fourth-order valence-corrected chi connectivity index (χ4v) is 6.26. The molecule has 0 aromatic carbocycles. The van der Waals surface area contributed by atoms with E-state index in [1.165, 1.54) is 38.5 Å². The van der Waals surface area contributed by atoms with Crippen molar-refractivity contribution < 1.29 is 9.84 Å². The molecular weight excluding hydrogens is 288 g/mol. The quantitative estimate of drug-likeness (QED) is 0.809. The molecule has 132 valence electrons. The second kappa shape index (κ2) is 6.62. The lowest BCUT2D eigenvalue weighted by Gasteiger charge is -2.56. The Morgan fingerprint density at radius 3 is 2.13 bits per heavy atom. The molecule has 4 heteroatoms. The van der Waals surface area contributed by atoms with E-state index in [1.807, 2.05) is 0 Å². The second-order valence-corrected chi connectivity index (χ2v) is 9.19. The molecule has 0 aromatic rings. The van der Waals surface area contributed by atoms with Gasteiger partial charge >= 0.3 is 0 Å². The summed E-state index contributed by atoms with van der Waals surface area (Å²) in [6, 6.07) is 0. The van der Waals surface area contributed by atoms with Gasteiger partial charge in [0.15, 0.2) is 0 Å². The number of likely N-dealkylation sites (N-methyl/N-ethyl adjacent to an activating group) is 1. The first kappa shape index (κ1) is 16.3. The molecule has 1 saturated heterocycles. The number of ether oxygens (including phenoxy) is 1. The molecule has 4 aliphatic carbocycles. The van der Waals surface area contributed by atoms with E-state index in [1.54, 1.807) is 0 Å². The van der Waals surface area contributed by atoms with Crippen molar-refractivity contribution in [1.29, 1.82) is 0 Å². The molecule has 4 nitrogen and oxygen atoms in total. The topological polar surface area (TPSA) is 35.9 Å². The Hall–Kier alpha value is -0.160. The maximum Gasteiger partial charge on any atom is 0.0900 e. The molecule has 4 saturated carbocycles. The largest absolute Gasteiger partial charge is 0.389 e. The average molecular weight is 322 g/mol.